The number of benzene rings is 1. The van der Waals surface area contributed by atoms with Gasteiger partial charge in [0.15, 0.2) is 0 Å². The maximum Gasteiger partial charge on any atom is 0.315 e. The van der Waals surface area contributed by atoms with Crippen LogP contribution in [0.5, 0.6) is 0 Å². The molecule has 7 heteroatoms. The van der Waals surface area contributed by atoms with Gasteiger partial charge in [0, 0.05) is 24.6 Å². The maximum atomic E-state index is 12.9. The van der Waals surface area contributed by atoms with E-state index in [9.17, 15) is 14.0 Å². The fourth-order valence-electron chi connectivity index (χ4n) is 2.22. The number of aromatic nitrogens is 1. The zero-order valence-electron chi connectivity index (χ0n) is 14.0. The predicted molar refractivity (Wildman–Crippen MR) is 93.3 cm³/mol. The Morgan fingerprint density at radius 2 is 1.80 bits per heavy atom. The number of nitrogens with zero attached hydrogens (tertiary/aromatic N) is 1. The van der Waals surface area contributed by atoms with Crippen LogP contribution in [0.15, 0.2) is 48.8 Å². The maximum absolute atomic E-state index is 12.9. The van der Waals surface area contributed by atoms with Crippen molar-refractivity contribution in [2.45, 2.75) is 32.4 Å². The number of carbonyl (C=O) groups is 2. The molecule has 1 aromatic heterocycles. The van der Waals surface area contributed by atoms with Gasteiger partial charge in [0.1, 0.15) is 11.9 Å². The average Bonchev–Trinajstić information content (AvgIpc) is 2.62. The first kappa shape index (κ1) is 18.4. The molecule has 0 radical (unpaired) electrons. The number of amides is 3. The molecule has 1 atom stereocenters. The van der Waals surface area contributed by atoms with Crippen LogP contribution in [0.4, 0.5) is 14.9 Å². The predicted octanol–water partition coefficient (Wildman–Crippen LogP) is 2.83. The van der Waals surface area contributed by atoms with Gasteiger partial charge >= 0.3 is 6.03 Å². The topological polar surface area (TPSA) is 83.1 Å². The molecule has 3 amide bonds. The summed E-state index contributed by atoms with van der Waals surface area (Å²) in [6.45, 7) is 2.18. The Morgan fingerprint density at radius 1 is 1.12 bits per heavy atom. The highest BCUT2D eigenvalue weighted by molar-refractivity contribution is 5.96. The third-order valence-electron chi connectivity index (χ3n) is 3.51. The van der Waals surface area contributed by atoms with Crippen molar-refractivity contribution in [3.8, 4) is 0 Å². The lowest BCUT2D eigenvalue weighted by Gasteiger charge is -2.18. The molecule has 1 aromatic carbocycles. The summed E-state index contributed by atoms with van der Waals surface area (Å²) < 4.78 is 12.9. The van der Waals surface area contributed by atoms with Crippen LogP contribution in [0, 0.1) is 5.82 Å². The lowest BCUT2D eigenvalue weighted by molar-refractivity contribution is -0.118. The lowest BCUT2D eigenvalue weighted by atomic mass is 10.1. The quantitative estimate of drug-likeness (QED) is 0.722. The summed E-state index contributed by atoms with van der Waals surface area (Å²) in [5, 5.41) is 8.08. The van der Waals surface area contributed by atoms with Gasteiger partial charge in [-0.1, -0.05) is 25.5 Å². The molecule has 0 bridgehead atoms. The lowest BCUT2D eigenvalue weighted by Crippen LogP contribution is -2.47. The van der Waals surface area contributed by atoms with Crippen LogP contribution in [-0.2, 0) is 11.3 Å². The van der Waals surface area contributed by atoms with E-state index >= 15 is 0 Å². The zero-order chi connectivity index (χ0) is 18.1. The van der Waals surface area contributed by atoms with Gasteiger partial charge < -0.3 is 16.0 Å². The molecule has 1 heterocycles. The van der Waals surface area contributed by atoms with Gasteiger partial charge in [-0.2, -0.15) is 0 Å². The van der Waals surface area contributed by atoms with Crippen molar-refractivity contribution < 1.29 is 14.0 Å². The van der Waals surface area contributed by atoms with Crippen LogP contribution < -0.4 is 16.0 Å². The molecule has 0 saturated carbocycles. The van der Waals surface area contributed by atoms with Gasteiger partial charge in [-0.05, 0) is 36.2 Å². The minimum absolute atomic E-state index is 0.247. The second-order valence-corrected chi connectivity index (χ2v) is 5.52. The number of nitrogens with one attached hydrogen (secondary N) is 3. The standard InChI is InChI=1S/C18H21FN4O2/c1-2-3-16(17(24)22-15-8-10-20-11-9-15)23-18(25)21-12-13-4-6-14(19)7-5-13/h4-11,16H,2-3,12H2,1H3,(H,20,22,24)(H2,21,23,25). The molecule has 0 saturated heterocycles. The number of anilines is 1. The zero-order valence-corrected chi connectivity index (χ0v) is 14.0. The largest absolute Gasteiger partial charge is 0.334 e. The Hall–Kier alpha value is -2.96. The molecule has 2 aromatic rings. The number of pyridine rings is 1. The summed E-state index contributed by atoms with van der Waals surface area (Å²) in [6.07, 6.45) is 4.41. The second-order valence-electron chi connectivity index (χ2n) is 5.52. The molecule has 0 spiro atoms. The smallest absolute Gasteiger partial charge is 0.315 e. The number of hydrogen-bond acceptors (Lipinski definition) is 3. The second kappa shape index (κ2) is 9.36. The SMILES string of the molecule is CCCC(NC(=O)NCc1ccc(F)cc1)C(=O)Nc1ccncc1. The number of carbonyl (C=O) groups excluding carboxylic acids is 2. The highest BCUT2D eigenvalue weighted by Crippen LogP contribution is 2.07. The Morgan fingerprint density at radius 3 is 2.44 bits per heavy atom. The summed E-state index contributed by atoms with van der Waals surface area (Å²) in [7, 11) is 0. The van der Waals surface area contributed by atoms with Crippen molar-refractivity contribution in [3.63, 3.8) is 0 Å². The number of rotatable bonds is 7. The first-order valence-electron chi connectivity index (χ1n) is 8.08. The Kier molecular flexibility index (Phi) is 6.88. The molecule has 6 nitrogen and oxygen atoms in total. The molecule has 25 heavy (non-hydrogen) atoms. The number of urea groups is 1. The molecule has 0 aliphatic heterocycles. The van der Waals surface area contributed by atoms with Crippen LogP contribution in [0.1, 0.15) is 25.3 Å². The summed E-state index contributed by atoms with van der Waals surface area (Å²) in [6, 6.07) is 8.10. The van der Waals surface area contributed by atoms with Gasteiger partial charge in [0.2, 0.25) is 5.91 Å². The first-order chi connectivity index (χ1) is 12.1. The van der Waals surface area contributed by atoms with Crippen molar-refractivity contribution in [1.82, 2.24) is 15.6 Å². The third kappa shape index (κ3) is 6.21. The van der Waals surface area contributed by atoms with E-state index in [1.807, 2.05) is 6.92 Å². The van der Waals surface area contributed by atoms with E-state index < -0.39 is 12.1 Å². The monoisotopic (exact) mass is 344 g/mol. The summed E-state index contributed by atoms with van der Waals surface area (Å²) >= 11 is 0. The Bertz CT molecular complexity index is 692. The minimum Gasteiger partial charge on any atom is -0.334 e. The summed E-state index contributed by atoms with van der Waals surface area (Å²) in [5.41, 5.74) is 1.39. The third-order valence-corrected chi connectivity index (χ3v) is 3.51. The summed E-state index contributed by atoms with van der Waals surface area (Å²) in [5.74, 6) is -0.617. The van der Waals surface area contributed by atoms with E-state index in [-0.39, 0.29) is 18.3 Å². The van der Waals surface area contributed by atoms with Crippen molar-refractivity contribution in [2.24, 2.45) is 0 Å². The normalized spacial score (nSPS) is 11.4. The Labute approximate surface area is 145 Å². The molecule has 132 valence electrons. The van der Waals surface area contributed by atoms with Gasteiger partial charge in [0.05, 0.1) is 0 Å². The van der Waals surface area contributed by atoms with Crippen molar-refractivity contribution >= 4 is 17.6 Å². The highest BCUT2D eigenvalue weighted by atomic mass is 19.1. The van der Waals surface area contributed by atoms with E-state index in [2.05, 4.69) is 20.9 Å². The highest BCUT2D eigenvalue weighted by Gasteiger charge is 2.19. The fourth-order valence-corrected chi connectivity index (χ4v) is 2.22. The molecular formula is C18H21FN4O2. The summed E-state index contributed by atoms with van der Waals surface area (Å²) in [4.78, 5) is 28.3. The van der Waals surface area contributed by atoms with Crippen LogP contribution >= 0.6 is 0 Å². The van der Waals surface area contributed by atoms with Crippen LogP contribution in [0.2, 0.25) is 0 Å². The number of hydrogen-bond donors (Lipinski definition) is 3. The van der Waals surface area contributed by atoms with E-state index in [0.29, 0.717) is 12.1 Å². The van der Waals surface area contributed by atoms with Crippen molar-refractivity contribution in [1.29, 1.82) is 0 Å². The minimum atomic E-state index is -0.647. The van der Waals surface area contributed by atoms with Gasteiger partial charge in [0.25, 0.3) is 0 Å². The van der Waals surface area contributed by atoms with E-state index in [0.717, 1.165) is 12.0 Å². The Balaban J connectivity index is 1.87. The van der Waals surface area contributed by atoms with Gasteiger partial charge in [-0.3, -0.25) is 9.78 Å². The molecule has 0 fully saturated rings. The average molecular weight is 344 g/mol. The molecular weight excluding hydrogens is 323 g/mol. The van der Waals surface area contributed by atoms with Crippen molar-refractivity contribution in [3.05, 3.63) is 60.2 Å². The van der Waals surface area contributed by atoms with Gasteiger partial charge in [-0.25, -0.2) is 9.18 Å². The van der Waals surface area contributed by atoms with Gasteiger partial charge in [-0.15, -0.1) is 0 Å². The molecule has 0 aliphatic rings. The van der Waals surface area contributed by atoms with Crippen LogP contribution in [-0.4, -0.2) is 23.0 Å². The van der Waals surface area contributed by atoms with E-state index in [1.165, 1.54) is 12.1 Å². The van der Waals surface area contributed by atoms with Crippen LogP contribution in [0.25, 0.3) is 0 Å². The van der Waals surface area contributed by atoms with E-state index in [4.69, 9.17) is 0 Å². The first-order valence-corrected chi connectivity index (χ1v) is 8.08. The van der Waals surface area contributed by atoms with Crippen LogP contribution in [0.3, 0.4) is 0 Å². The molecule has 2 rings (SSSR count). The van der Waals surface area contributed by atoms with Crippen molar-refractivity contribution in [2.75, 3.05) is 5.32 Å². The molecule has 1 unspecified atom stereocenters. The molecule has 3 N–H and O–H groups in total. The molecule has 0 aliphatic carbocycles. The number of halogens is 1. The van der Waals surface area contributed by atoms with E-state index in [1.54, 1.807) is 36.7 Å². The fraction of sp³-hybridized carbons (Fsp3) is 0.278.